The topological polar surface area (TPSA) is 46.6 Å². The quantitative estimate of drug-likeness (QED) is 0.826. The standard InChI is InChI=1S/C10H15N3O2S/c1-3-14-4-2-13(1)10-12-7-9(16-10)15-8-5-11-6-8/h7-8,11H,1-6H2. The van der Waals surface area contributed by atoms with E-state index in [0.29, 0.717) is 6.10 Å². The Kier molecular flexibility index (Phi) is 2.94. The molecule has 2 saturated heterocycles. The van der Waals surface area contributed by atoms with Crippen LogP contribution in [-0.2, 0) is 4.74 Å². The molecule has 3 rings (SSSR count). The number of rotatable bonds is 3. The Hall–Kier alpha value is -0.850. The van der Waals surface area contributed by atoms with Crippen LogP contribution in [0.15, 0.2) is 6.20 Å². The van der Waals surface area contributed by atoms with Crippen LogP contribution < -0.4 is 15.0 Å². The minimum atomic E-state index is 0.331. The number of aromatic nitrogens is 1. The number of nitrogens with one attached hydrogen (secondary N) is 1. The smallest absolute Gasteiger partial charge is 0.196 e. The molecule has 1 aromatic rings. The van der Waals surface area contributed by atoms with Crippen LogP contribution in [-0.4, -0.2) is 50.5 Å². The highest BCUT2D eigenvalue weighted by Gasteiger charge is 2.20. The minimum absolute atomic E-state index is 0.331. The van der Waals surface area contributed by atoms with Gasteiger partial charge in [-0.25, -0.2) is 4.98 Å². The van der Waals surface area contributed by atoms with E-state index in [-0.39, 0.29) is 0 Å². The Morgan fingerprint density at radius 3 is 2.94 bits per heavy atom. The van der Waals surface area contributed by atoms with Gasteiger partial charge in [0.2, 0.25) is 0 Å². The third-order valence-electron chi connectivity index (χ3n) is 2.78. The van der Waals surface area contributed by atoms with Gasteiger partial charge in [0.05, 0.1) is 19.4 Å². The number of hydrogen-bond donors (Lipinski definition) is 1. The number of ether oxygens (including phenoxy) is 2. The maximum absolute atomic E-state index is 5.76. The van der Waals surface area contributed by atoms with Crippen molar-refractivity contribution in [3.8, 4) is 5.06 Å². The van der Waals surface area contributed by atoms with Crippen LogP contribution in [0.5, 0.6) is 5.06 Å². The molecular weight excluding hydrogens is 226 g/mol. The summed E-state index contributed by atoms with van der Waals surface area (Å²) in [7, 11) is 0. The lowest BCUT2D eigenvalue weighted by atomic mass is 10.2. The van der Waals surface area contributed by atoms with Crippen molar-refractivity contribution in [2.75, 3.05) is 44.3 Å². The summed E-state index contributed by atoms with van der Waals surface area (Å²) in [6.07, 6.45) is 2.16. The van der Waals surface area contributed by atoms with Gasteiger partial charge < -0.3 is 19.7 Å². The van der Waals surface area contributed by atoms with Gasteiger partial charge in [-0.15, -0.1) is 0 Å². The van der Waals surface area contributed by atoms with Crippen LogP contribution in [0.1, 0.15) is 0 Å². The zero-order chi connectivity index (χ0) is 10.8. The van der Waals surface area contributed by atoms with Crippen molar-refractivity contribution >= 4 is 16.5 Å². The molecule has 0 radical (unpaired) electrons. The van der Waals surface area contributed by atoms with E-state index in [4.69, 9.17) is 9.47 Å². The highest BCUT2D eigenvalue weighted by atomic mass is 32.1. The molecule has 0 aliphatic carbocycles. The van der Waals surface area contributed by atoms with Crippen LogP contribution >= 0.6 is 11.3 Å². The second kappa shape index (κ2) is 4.57. The Balaban J connectivity index is 1.61. The summed E-state index contributed by atoms with van der Waals surface area (Å²) in [5.41, 5.74) is 0. The van der Waals surface area contributed by atoms with Crippen molar-refractivity contribution in [3.05, 3.63) is 6.20 Å². The van der Waals surface area contributed by atoms with Gasteiger partial charge in [-0.05, 0) is 0 Å². The second-order valence-electron chi connectivity index (χ2n) is 3.96. The first-order valence-electron chi connectivity index (χ1n) is 5.58. The van der Waals surface area contributed by atoms with E-state index in [9.17, 15) is 0 Å². The summed E-state index contributed by atoms with van der Waals surface area (Å²) in [5.74, 6) is 0. The van der Waals surface area contributed by atoms with E-state index in [1.165, 1.54) is 0 Å². The SMILES string of the molecule is c1nc(N2CCOCC2)sc1OC1CNC1. The lowest BCUT2D eigenvalue weighted by molar-refractivity contribution is 0.122. The first-order valence-corrected chi connectivity index (χ1v) is 6.39. The van der Waals surface area contributed by atoms with Crippen molar-refractivity contribution < 1.29 is 9.47 Å². The summed E-state index contributed by atoms with van der Waals surface area (Å²) in [6.45, 7) is 5.34. The lowest BCUT2D eigenvalue weighted by Crippen LogP contribution is -2.50. The monoisotopic (exact) mass is 241 g/mol. The van der Waals surface area contributed by atoms with Gasteiger partial charge in [0, 0.05) is 26.2 Å². The summed E-state index contributed by atoms with van der Waals surface area (Å²) in [5, 5.41) is 5.15. The van der Waals surface area contributed by atoms with E-state index in [1.807, 2.05) is 6.20 Å². The summed E-state index contributed by atoms with van der Waals surface area (Å²) in [4.78, 5) is 6.64. The maximum atomic E-state index is 5.76. The fraction of sp³-hybridized carbons (Fsp3) is 0.700. The minimum Gasteiger partial charge on any atom is -0.477 e. The number of morpholine rings is 1. The molecule has 88 valence electrons. The average Bonchev–Trinajstić information content (AvgIpc) is 2.73. The summed E-state index contributed by atoms with van der Waals surface area (Å²) in [6, 6.07) is 0. The molecule has 0 bridgehead atoms. The maximum Gasteiger partial charge on any atom is 0.196 e. The molecule has 1 N–H and O–H groups in total. The van der Waals surface area contributed by atoms with Crippen LogP contribution in [0, 0.1) is 0 Å². The molecule has 2 fully saturated rings. The Morgan fingerprint density at radius 1 is 1.44 bits per heavy atom. The highest BCUT2D eigenvalue weighted by molar-refractivity contribution is 7.17. The highest BCUT2D eigenvalue weighted by Crippen LogP contribution is 2.30. The normalized spacial score (nSPS) is 21.9. The molecule has 0 amide bonds. The first kappa shape index (κ1) is 10.3. The number of anilines is 1. The molecule has 0 atom stereocenters. The molecule has 0 unspecified atom stereocenters. The molecule has 1 aromatic heterocycles. The average molecular weight is 241 g/mol. The van der Waals surface area contributed by atoms with Crippen LogP contribution in [0.3, 0.4) is 0 Å². The van der Waals surface area contributed by atoms with Gasteiger partial charge >= 0.3 is 0 Å². The van der Waals surface area contributed by atoms with Crippen LogP contribution in [0.4, 0.5) is 5.13 Å². The van der Waals surface area contributed by atoms with Gasteiger partial charge in [0.25, 0.3) is 0 Å². The molecule has 16 heavy (non-hydrogen) atoms. The van der Waals surface area contributed by atoms with Crippen molar-refractivity contribution in [1.29, 1.82) is 0 Å². The second-order valence-corrected chi connectivity index (χ2v) is 4.93. The van der Waals surface area contributed by atoms with Gasteiger partial charge in [0.1, 0.15) is 6.10 Å². The van der Waals surface area contributed by atoms with Gasteiger partial charge in [-0.3, -0.25) is 0 Å². The molecule has 6 heteroatoms. The number of thiazole rings is 1. The molecule has 3 heterocycles. The van der Waals surface area contributed by atoms with E-state index in [2.05, 4.69) is 15.2 Å². The third kappa shape index (κ3) is 2.14. The molecular formula is C10H15N3O2S. The van der Waals surface area contributed by atoms with Gasteiger partial charge in [-0.2, -0.15) is 0 Å². The zero-order valence-corrected chi connectivity index (χ0v) is 9.83. The van der Waals surface area contributed by atoms with E-state index < -0.39 is 0 Å². The third-order valence-corrected chi connectivity index (χ3v) is 3.73. The fourth-order valence-electron chi connectivity index (χ4n) is 1.72. The van der Waals surface area contributed by atoms with E-state index >= 15 is 0 Å². The summed E-state index contributed by atoms with van der Waals surface area (Å²) < 4.78 is 11.1. The largest absolute Gasteiger partial charge is 0.477 e. The predicted octanol–water partition coefficient (Wildman–Crippen LogP) is 0.330. The van der Waals surface area contributed by atoms with Gasteiger partial charge in [0.15, 0.2) is 10.2 Å². The number of hydrogen-bond acceptors (Lipinski definition) is 6. The number of nitrogens with zero attached hydrogens (tertiary/aromatic N) is 2. The lowest BCUT2D eigenvalue weighted by Gasteiger charge is -2.27. The zero-order valence-electron chi connectivity index (χ0n) is 9.02. The van der Waals surface area contributed by atoms with E-state index in [0.717, 1.165) is 49.6 Å². The Bertz CT molecular complexity index is 348. The predicted molar refractivity (Wildman–Crippen MR) is 62.4 cm³/mol. The first-order chi connectivity index (χ1) is 7.92. The van der Waals surface area contributed by atoms with Crippen molar-refractivity contribution in [3.63, 3.8) is 0 Å². The van der Waals surface area contributed by atoms with Crippen molar-refractivity contribution in [2.45, 2.75) is 6.10 Å². The van der Waals surface area contributed by atoms with Gasteiger partial charge in [-0.1, -0.05) is 11.3 Å². The van der Waals surface area contributed by atoms with Crippen LogP contribution in [0.25, 0.3) is 0 Å². The van der Waals surface area contributed by atoms with E-state index in [1.54, 1.807) is 11.3 Å². The molecule has 2 aliphatic rings. The molecule has 0 spiro atoms. The Labute approximate surface area is 98.4 Å². The van der Waals surface area contributed by atoms with Crippen molar-refractivity contribution in [2.24, 2.45) is 0 Å². The van der Waals surface area contributed by atoms with Crippen molar-refractivity contribution in [1.82, 2.24) is 10.3 Å². The molecule has 0 aromatic carbocycles. The van der Waals surface area contributed by atoms with Crippen LogP contribution in [0.2, 0.25) is 0 Å². The molecule has 2 aliphatic heterocycles. The molecule has 5 nitrogen and oxygen atoms in total. The molecule has 0 saturated carbocycles. The Morgan fingerprint density at radius 2 is 2.25 bits per heavy atom. The summed E-state index contributed by atoms with van der Waals surface area (Å²) >= 11 is 1.63. The fourth-order valence-corrected chi connectivity index (χ4v) is 2.60.